The van der Waals surface area contributed by atoms with Gasteiger partial charge in [0.05, 0.1) is 6.61 Å². The van der Waals surface area contributed by atoms with Crippen LogP contribution in [0, 0.1) is 10.7 Å². The second-order valence-corrected chi connectivity index (χ2v) is 5.28. The monoisotopic (exact) mass is 285 g/mol. The molecule has 2 rings (SSSR count). The maximum absolute atomic E-state index is 11.9. The van der Waals surface area contributed by atoms with Crippen molar-refractivity contribution >= 4 is 28.5 Å². The zero-order valence-corrected chi connectivity index (χ0v) is 12.0. The summed E-state index contributed by atoms with van der Waals surface area (Å²) in [6.07, 6.45) is 0.498. The first kappa shape index (κ1) is 14.4. The van der Waals surface area contributed by atoms with Crippen LogP contribution in [0.2, 0.25) is 0 Å². The van der Waals surface area contributed by atoms with Crippen molar-refractivity contribution < 1.29 is 9.53 Å². The van der Waals surface area contributed by atoms with Crippen LogP contribution in [0.15, 0.2) is 42.5 Å². The highest BCUT2D eigenvalue weighted by Crippen LogP contribution is 2.24. The van der Waals surface area contributed by atoms with E-state index in [1.165, 1.54) is 0 Å². The van der Waals surface area contributed by atoms with E-state index < -0.39 is 5.25 Å². The summed E-state index contributed by atoms with van der Waals surface area (Å²) in [5, 5.41) is 12.6. The summed E-state index contributed by atoms with van der Waals surface area (Å²) in [5.74, 6) is -0.327. The molecule has 20 heavy (non-hydrogen) atoms. The van der Waals surface area contributed by atoms with Gasteiger partial charge in [0.2, 0.25) is 0 Å². The summed E-state index contributed by atoms with van der Waals surface area (Å²) in [6, 6.07) is 14.0. The summed E-state index contributed by atoms with van der Waals surface area (Å²) in [5.41, 5.74) is 1.06. The van der Waals surface area contributed by atoms with E-state index in [9.17, 15) is 4.79 Å². The maximum Gasteiger partial charge on any atom is 0.320 e. The molecule has 3 nitrogen and oxygen atoms in total. The van der Waals surface area contributed by atoms with E-state index in [0.717, 1.165) is 28.1 Å². The van der Waals surface area contributed by atoms with E-state index >= 15 is 0 Å². The molecule has 0 aliphatic carbocycles. The number of hydrogen-bond donors (Lipinski definition) is 0. The summed E-state index contributed by atoms with van der Waals surface area (Å²) < 4.78 is 5.03. The summed E-state index contributed by atoms with van der Waals surface area (Å²) in [7, 11) is 0. The molecule has 0 fully saturated rings. The maximum atomic E-state index is 11.9. The lowest BCUT2D eigenvalue weighted by atomic mass is 10.0. The van der Waals surface area contributed by atoms with Crippen LogP contribution >= 0.6 is 11.8 Å². The fraction of sp³-hybridized carbons (Fsp3) is 0.250. The molecule has 0 radical (unpaired) electrons. The van der Waals surface area contributed by atoms with Gasteiger partial charge in [0, 0.05) is 0 Å². The quantitative estimate of drug-likeness (QED) is 0.623. The van der Waals surface area contributed by atoms with Gasteiger partial charge in [-0.3, -0.25) is 4.79 Å². The van der Waals surface area contributed by atoms with Gasteiger partial charge in [-0.1, -0.05) is 42.5 Å². The molecule has 0 aromatic heterocycles. The molecule has 0 N–H and O–H groups in total. The summed E-state index contributed by atoms with van der Waals surface area (Å²) >= 11 is 0.959. The van der Waals surface area contributed by atoms with Crippen LogP contribution in [-0.2, 0) is 16.0 Å². The van der Waals surface area contributed by atoms with Crippen LogP contribution in [0.25, 0.3) is 10.8 Å². The minimum Gasteiger partial charge on any atom is -0.465 e. The lowest BCUT2D eigenvalue weighted by Crippen LogP contribution is -2.22. The lowest BCUT2D eigenvalue weighted by Gasteiger charge is -2.13. The average molecular weight is 285 g/mol. The second-order valence-electron chi connectivity index (χ2n) is 4.29. The molecule has 102 valence electrons. The van der Waals surface area contributed by atoms with E-state index in [1.54, 1.807) is 6.92 Å². The van der Waals surface area contributed by atoms with Crippen LogP contribution in [0.5, 0.6) is 0 Å². The van der Waals surface area contributed by atoms with Crippen molar-refractivity contribution in [3.05, 3.63) is 48.0 Å². The smallest absolute Gasteiger partial charge is 0.320 e. The normalized spacial score (nSPS) is 11.8. The fourth-order valence-electron chi connectivity index (χ4n) is 2.14. The van der Waals surface area contributed by atoms with Gasteiger partial charge in [-0.25, -0.2) is 0 Å². The molecule has 0 aliphatic heterocycles. The van der Waals surface area contributed by atoms with E-state index in [2.05, 4.69) is 0 Å². The van der Waals surface area contributed by atoms with E-state index in [-0.39, 0.29) is 5.97 Å². The number of ether oxygens (including phenoxy) is 1. The predicted molar refractivity (Wildman–Crippen MR) is 81.3 cm³/mol. The molecule has 0 amide bonds. The molecule has 1 atom stereocenters. The van der Waals surface area contributed by atoms with Gasteiger partial charge in [0.1, 0.15) is 10.7 Å². The van der Waals surface area contributed by atoms with E-state index in [4.69, 9.17) is 10.00 Å². The van der Waals surface area contributed by atoms with Gasteiger partial charge < -0.3 is 4.74 Å². The SMILES string of the molecule is CCOC(=O)[C@@H](Cc1cccc2ccccc12)SC#N. The number of rotatable bonds is 5. The standard InChI is InChI=1S/C16H15NO2S/c1-2-19-16(18)15(20-11-17)10-13-8-5-7-12-6-3-4-9-14(12)13/h3-9,15H,2,10H2,1H3/t15-/m1/s1. The van der Waals surface area contributed by atoms with Gasteiger partial charge in [-0.05, 0) is 41.4 Å². The zero-order valence-electron chi connectivity index (χ0n) is 11.2. The molecule has 4 heteroatoms. The third-order valence-corrected chi connectivity index (χ3v) is 3.78. The Morgan fingerprint density at radius 3 is 2.80 bits per heavy atom. The molecular formula is C16H15NO2S. The van der Waals surface area contributed by atoms with Crippen molar-refractivity contribution in [1.82, 2.24) is 0 Å². The number of esters is 1. The zero-order chi connectivity index (χ0) is 14.4. The van der Waals surface area contributed by atoms with Gasteiger partial charge in [0.25, 0.3) is 0 Å². The highest BCUT2D eigenvalue weighted by atomic mass is 32.2. The number of hydrogen-bond acceptors (Lipinski definition) is 4. The van der Waals surface area contributed by atoms with Crippen molar-refractivity contribution in [2.45, 2.75) is 18.6 Å². The molecule has 0 aliphatic rings. The number of nitrogens with zero attached hydrogens (tertiary/aromatic N) is 1. The number of carbonyl (C=O) groups is 1. The molecule has 2 aromatic carbocycles. The molecular weight excluding hydrogens is 270 g/mol. The Hall–Kier alpha value is -1.99. The Labute approximate surface area is 122 Å². The predicted octanol–water partition coefficient (Wildman–Crippen LogP) is 3.53. The third kappa shape index (κ3) is 3.31. The molecule has 0 unspecified atom stereocenters. The number of carbonyl (C=O) groups excluding carboxylic acids is 1. The molecule has 0 saturated carbocycles. The first-order chi connectivity index (χ1) is 9.76. The number of nitriles is 1. The minimum absolute atomic E-state index is 0.327. The van der Waals surface area contributed by atoms with Crippen LogP contribution in [0.1, 0.15) is 12.5 Å². The molecule has 0 spiro atoms. The van der Waals surface area contributed by atoms with Gasteiger partial charge >= 0.3 is 5.97 Å². The Kier molecular flexibility index (Phi) is 5.03. The largest absolute Gasteiger partial charge is 0.465 e. The Bertz CT molecular complexity index is 643. The fourth-order valence-corrected chi connectivity index (χ4v) is 2.70. The third-order valence-electron chi connectivity index (χ3n) is 3.03. The van der Waals surface area contributed by atoms with Crippen LogP contribution < -0.4 is 0 Å². The molecule has 0 bridgehead atoms. The summed E-state index contributed by atoms with van der Waals surface area (Å²) in [4.78, 5) is 11.9. The van der Waals surface area contributed by atoms with Crippen LogP contribution in [0.3, 0.4) is 0 Å². The van der Waals surface area contributed by atoms with Crippen molar-refractivity contribution in [1.29, 1.82) is 5.26 Å². The highest BCUT2D eigenvalue weighted by molar-refractivity contribution is 8.04. The highest BCUT2D eigenvalue weighted by Gasteiger charge is 2.21. The number of thiocyanates is 1. The molecule has 0 heterocycles. The van der Waals surface area contributed by atoms with Crippen molar-refractivity contribution in [3.8, 4) is 5.40 Å². The van der Waals surface area contributed by atoms with E-state index in [1.807, 2.05) is 47.9 Å². The Balaban J connectivity index is 2.29. The Morgan fingerprint density at radius 2 is 2.05 bits per heavy atom. The number of fused-ring (bicyclic) bond motifs is 1. The lowest BCUT2D eigenvalue weighted by molar-refractivity contribution is -0.142. The van der Waals surface area contributed by atoms with Gasteiger partial charge in [-0.15, -0.1) is 0 Å². The topological polar surface area (TPSA) is 50.1 Å². The van der Waals surface area contributed by atoms with Crippen LogP contribution in [-0.4, -0.2) is 17.8 Å². The molecule has 2 aromatic rings. The Morgan fingerprint density at radius 1 is 1.30 bits per heavy atom. The van der Waals surface area contributed by atoms with Crippen molar-refractivity contribution in [3.63, 3.8) is 0 Å². The van der Waals surface area contributed by atoms with E-state index in [0.29, 0.717) is 13.0 Å². The van der Waals surface area contributed by atoms with Gasteiger partial charge in [0.15, 0.2) is 0 Å². The molecule has 0 saturated heterocycles. The second kappa shape index (κ2) is 6.97. The number of benzene rings is 2. The first-order valence-electron chi connectivity index (χ1n) is 6.44. The summed E-state index contributed by atoms with van der Waals surface area (Å²) in [6.45, 7) is 2.10. The van der Waals surface area contributed by atoms with Crippen molar-refractivity contribution in [2.75, 3.05) is 6.61 Å². The van der Waals surface area contributed by atoms with Crippen molar-refractivity contribution in [2.24, 2.45) is 0 Å². The van der Waals surface area contributed by atoms with Crippen LogP contribution in [0.4, 0.5) is 0 Å². The minimum atomic E-state index is -0.481. The average Bonchev–Trinajstić information content (AvgIpc) is 2.47. The first-order valence-corrected chi connectivity index (χ1v) is 7.32. The van der Waals surface area contributed by atoms with Gasteiger partial charge in [-0.2, -0.15) is 5.26 Å². The number of thioether (sulfide) groups is 1.